The molecule has 0 aliphatic carbocycles. The first-order valence-corrected chi connectivity index (χ1v) is 7.79. The summed E-state index contributed by atoms with van der Waals surface area (Å²) in [5.74, 6) is -0.914. The van der Waals surface area contributed by atoms with Crippen LogP contribution in [0.4, 0.5) is 4.39 Å². The summed E-state index contributed by atoms with van der Waals surface area (Å²) >= 11 is 0. The van der Waals surface area contributed by atoms with Crippen LogP contribution in [0, 0.1) is 19.7 Å². The van der Waals surface area contributed by atoms with E-state index in [0.29, 0.717) is 28.0 Å². The van der Waals surface area contributed by atoms with E-state index in [0.717, 1.165) is 16.6 Å². The van der Waals surface area contributed by atoms with Crippen molar-refractivity contribution < 1.29 is 9.18 Å². The lowest BCUT2D eigenvalue weighted by molar-refractivity contribution is 0.100. The highest BCUT2D eigenvalue weighted by atomic mass is 19.1. The van der Waals surface area contributed by atoms with Gasteiger partial charge in [-0.2, -0.15) is 0 Å². The molecule has 25 heavy (non-hydrogen) atoms. The third-order valence-electron chi connectivity index (χ3n) is 4.24. The van der Waals surface area contributed by atoms with Crippen LogP contribution < -0.4 is 5.73 Å². The van der Waals surface area contributed by atoms with Gasteiger partial charge in [0.15, 0.2) is 11.5 Å². The van der Waals surface area contributed by atoms with Crippen molar-refractivity contribution in [2.24, 2.45) is 5.73 Å². The van der Waals surface area contributed by atoms with Crippen LogP contribution in [-0.2, 0) is 0 Å². The van der Waals surface area contributed by atoms with Crippen LogP contribution in [0.3, 0.4) is 0 Å². The lowest BCUT2D eigenvalue weighted by Crippen LogP contribution is -2.12. The van der Waals surface area contributed by atoms with E-state index >= 15 is 0 Å². The van der Waals surface area contributed by atoms with Gasteiger partial charge in [-0.3, -0.25) is 9.78 Å². The maximum Gasteiger partial charge on any atom is 0.250 e. The Hall–Kier alpha value is -3.28. The zero-order valence-electron chi connectivity index (χ0n) is 13.7. The number of hydrogen-bond donors (Lipinski definition) is 1. The highest BCUT2D eigenvalue weighted by molar-refractivity contribution is 6.05. The number of aromatic nitrogens is 3. The molecule has 4 aromatic rings. The van der Waals surface area contributed by atoms with E-state index in [-0.39, 0.29) is 0 Å². The zero-order chi connectivity index (χ0) is 17.7. The maximum atomic E-state index is 14.4. The van der Waals surface area contributed by atoms with Crippen molar-refractivity contribution in [1.82, 2.24) is 14.4 Å². The second-order valence-electron chi connectivity index (χ2n) is 6.05. The van der Waals surface area contributed by atoms with E-state index in [1.54, 1.807) is 22.7 Å². The summed E-state index contributed by atoms with van der Waals surface area (Å²) in [7, 11) is 0. The van der Waals surface area contributed by atoms with Crippen LogP contribution in [0.5, 0.6) is 0 Å². The number of nitrogens with two attached hydrogens (primary N) is 1. The molecule has 0 fully saturated rings. The fraction of sp³-hybridized carbons (Fsp3) is 0.105. The summed E-state index contributed by atoms with van der Waals surface area (Å²) in [6, 6.07) is 8.61. The minimum absolute atomic E-state index is 0.295. The molecule has 1 amide bonds. The Bertz CT molecular complexity index is 1160. The zero-order valence-corrected chi connectivity index (χ0v) is 13.7. The summed E-state index contributed by atoms with van der Waals surface area (Å²) in [6.07, 6.45) is 3.60. The van der Waals surface area contributed by atoms with Crippen molar-refractivity contribution in [1.29, 1.82) is 0 Å². The first kappa shape index (κ1) is 15.3. The van der Waals surface area contributed by atoms with Crippen LogP contribution in [-0.4, -0.2) is 20.3 Å². The van der Waals surface area contributed by atoms with Crippen LogP contribution in [0.15, 0.2) is 42.7 Å². The van der Waals surface area contributed by atoms with Crippen molar-refractivity contribution in [2.45, 2.75) is 13.8 Å². The molecule has 0 spiro atoms. The number of primary amides is 1. The molecule has 2 N–H and O–H groups in total. The van der Waals surface area contributed by atoms with Gasteiger partial charge in [-0.05, 0) is 32.0 Å². The number of rotatable bonds is 2. The molecule has 0 saturated heterocycles. The van der Waals surface area contributed by atoms with Gasteiger partial charge < -0.3 is 10.1 Å². The highest BCUT2D eigenvalue weighted by Gasteiger charge is 2.14. The molecule has 0 bridgehead atoms. The van der Waals surface area contributed by atoms with Gasteiger partial charge in [0.1, 0.15) is 0 Å². The summed E-state index contributed by atoms with van der Waals surface area (Å²) in [5.41, 5.74) is 9.57. The summed E-state index contributed by atoms with van der Waals surface area (Å²) in [6.45, 7) is 3.65. The first-order chi connectivity index (χ1) is 11.9. The number of carbonyl (C=O) groups excluding carboxylic acids is 1. The molecule has 4 rings (SSSR count). The van der Waals surface area contributed by atoms with Crippen molar-refractivity contribution in [2.75, 3.05) is 0 Å². The van der Waals surface area contributed by atoms with Gasteiger partial charge in [0.05, 0.1) is 16.8 Å². The number of halogens is 1. The fourth-order valence-electron chi connectivity index (χ4n) is 3.11. The standard InChI is InChI=1S/C19H15FN4O/c1-10-8-24-9-13(7-16(20)19(24)22-10)15-6-12-4-3-5-14(18(21)25)17(12)23-11(15)2/h3-9H,1-2H3,(H2,21,25). The Morgan fingerprint density at radius 3 is 2.72 bits per heavy atom. The molecule has 124 valence electrons. The molecule has 0 atom stereocenters. The van der Waals surface area contributed by atoms with Crippen LogP contribution in [0.1, 0.15) is 21.7 Å². The number of fused-ring (bicyclic) bond motifs is 2. The molecule has 0 radical (unpaired) electrons. The van der Waals surface area contributed by atoms with Crippen molar-refractivity contribution >= 4 is 22.5 Å². The number of aryl methyl sites for hydroxylation is 2. The van der Waals surface area contributed by atoms with E-state index in [1.165, 1.54) is 6.07 Å². The fourth-order valence-corrected chi connectivity index (χ4v) is 3.11. The van der Waals surface area contributed by atoms with Gasteiger partial charge in [0.2, 0.25) is 0 Å². The molecule has 0 aliphatic rings. The van der Waals surface area contributed by atoms with Crippen LogP contribution >= 0.6 is 0 Å². The Kier molecular flexibility index (Phi) is 3.28. The average Bonchev–Trinajstić information content (AvgIpc) is 2.94. The molecule has 0 unspecified atom stereocenters. The quantitative estimate of drug-likeness (QED) is 0.610. The number of carbonyl (C=O) groups is 1. The van der Waals surface area contributed by atoms with Gasteiger partial charge >= 0.3 is 0 Å². The number of para-hydroxylation sites is 1. The highest BCUT2D eigenvalue weighted by Crippen LogP contribution is 2.29. The third-order valence-corrected chi connectivity index (χ3v) is 4.24. The molecule has 6 heteroatoms. The molecule has 3 heterocycles. The van der Waals surface area contributed by atoms with E-state index in [9.17, 15) is 9.18 Å². The molecular formula is C19H15FN4O. The summed E-state index contributed by atoms with van der Waals surface area (Å²) < 4.78 is 16.1. The Morgan fingerprint density at radius 1 is 1.16 bits per heavy atom. The van der Waals surface area contributed by atoms with Crippen LogP contribution in [0.25, 0.3) is 27.7 Å². The normalized spacial score (nSPS) is 11.3. The molecular weight excluding hydrogens is 319 g/mol. The van der Waals surface area contributed by atoms with Gasteiger partial charge in [0, 0.05) is 34.6 Å². The minimum Gasteiger partial charge on any atom is -0.366 e. The van der Waals surface area contributed by atoms with Crippen LogP contribution in [0.2, 0.25) is 0 Å². The molecule has 3 aromatic heterocycles. The third kappa shape index (κ3) is 2.42. The lowest BCUT2D eigenvalue weighted by Gasteiger charge is -2.10. The van der Waals surface area contributed by atoms with E-state index in [2.05, 4.69) is 9.97 Å². The Morgan fingerprint density at radius 2 is 1.96 bits per heavy atom. The Balaban J connectivity index is 1.98. The predicted octanol–water partition coefficient (Wildman–Crippen LogP) is 3.40. The second-order valence-corrected chi connectivity index (χ2v) is 6.05. The number of benzene rings is 1. The van der Waals surface area contributed by atoms with Gasteiger partial charge in [-0.25, -0.2) is 9.37 Å². The molecule has 0 saturated carbocycles. The molecule has 1 aromatic carbocycles. The topological polar surface area (TPSA) is 73.3 Å². The summed E-state index contributed by atoms with van der Waals surface area (Å²) in [4.78, 5) is 20.3. The van der Waals surface area contributed by atoms with E-state index < -0.39 is 11.7 Å². The van der Waals surface area contributed by atoms with Gasteiger partial charge in [0.25, 0.3) is 5.91 Å². The molecule has 0 aliphatic heterocycles. The van der Waals surface area contributed by atoms with Crippen molar-refractivity contribution in [3.8, 4) is 11.1 Å². The average molecular weight is 334 g/mol. The largest absolute Gasteiger partial charge is 0.366 e. The number of nitrogens with zero attached hydrogens (tertiary/aromatic N) is 3. The summed E-state index contributed by atoms with van der Waals surface area (Å²) in [5, 5.41) is 0.777. The number of imidazole rings is 1. The minimum atomic E-state index is -0.522. The van der Waals surface area contributed by atoms with Gasteiger partial charge in [-0.15, -0.1) is 0 Å². The number of amides is 1. The monoisotopic (exact) mass is 334 g/mol. The van der Waals surface area contributed by atoms with Gasteiger partial charge in [-0.1, -0.05) is 12.1 Å². The lowest BCUT2D eigenvalue weighted by atomic mass is 10.0. The predicted molar refractivity (Wildman–Crippen MR) is 93.9 cm³/mol. The number of pyridine rings is 2. The van der Waals surface area contributed by atoms with Crippen molar-refractivity contribution in [3.63, 3.8) is 0 Å². The first-order valence-electron chi connectivity index (χ1n) is 7.79. The number of hydrogen-bond acceptors (Lipinski definition) is 3. The van der Waals surface area contributed by atoms with E-state index in [1.807, 2.05) is 32.2 Å². The SMILES string of the molecule is Cc1cn2cc(-c3cc4cccc(C(N)=O)c4nc3C)cc(F)c2n1. The maximum absolute atomic E-state index is 14.4. The Labute approximate surface area is 142 Å². The van der Waals surface area contributed by atoms with E-state index in [4.69, 9.17) is 5.73 Å². The second kappa shape index (κ2) is 5.37. The molecule has 5 nitrogen and oxygen atoms in total. The van der Waals surface area contributed by atoms with Crippen molar-refractivity contribution in [3.05, 3.63) is 65.5 Å². The smallest absolute Gasteiger partial charge is 0.250 e.